The van der Waals surface area contributed by atoms with Crippen molar-refractivity contribution >= 4 is 22.5 Å². The Kier molecular flexibility index (Phi) is 7.12. The van der Waals surface area contributed by atoms with Gasteiger partial charge in [-0.15, -0.1) is 0 Å². The number of methoxy groups -OCH3 is 1. The maximum atomic E-state index is 15.6. The smallest absolute Gasteiger partial charge is 0.256 e. The summed E-state index contributed by atoms with van der Waals surface area (Å²) in [6.45, 7) is 4.35. The number of halogens is 1. The maximum absolute atomic E-state index is 15.6. The number of hydrogen-bond donors (Lipinski definition) is 2. The van der Waals surface area contributed by atoms with E-state index in [1.165, 1.54) is 12.3 Å². The number of fused-ring (bicyclic) bond motifs is 2. The zero-order valence-corrected chi connectivity index (χ0v) is 22.3. The van der Waals surface area contributed by atoms with Gasteiger partial charge in [0.25, 0.3) is 5.91 Å². The van der Waals surface area contributed by atoms with E-state index in [2.05, 4.69) is 20.5 Å². The molecule has 4 aromatic rings. The van der Waals surface area contributed by atoms with Crippen LogP contribution in [0.4, 0.5) is 10.1 Å². The Bertz CT molecular complexity index is 1610. The maximum Gasteiger partial charge on any atom is 0.256 e. The lowest BCUT2D eigenvalue weighted by Gasteiger charge is -2.26. The predicted octanol–water partition coefficient (Wildman–Crippen LogP) is 3.77. The number of imidazole rings is 1. The Hall–Kier alpha value is -4.38. The summed E-state index contributed by atoms with van der Waals surface area (Å²) in [4.78, 5) is 33.0. The third-order valence-corrected chi connectivity index (χ3v) is 7.44. The van der Waals surface area contributed by atoms with E-state index in [0.717, 1.165) is 32.5 Å². The molecule has 0 bridgehead atoms. The molecule has 0 unspecified atom stereocenters. The number of carbonyl (C=O) groups excluding carboxylic acids is 1. The molecule has 11 heteroatoms. The Morgan fingerprint density at radius 3 is 2.80 bits per heavy atom. The highest BCUT2D eigenvalue weighted by Crippen LogP contribution is 2.46. The molecule has 4 heterocycles. The molecule has 0 aliphatic carbocycles. The second-order valence-electron chi connectivity index (χ2n) is 10.0. The lowest BCUT2D eigenvalue weighted by molar-refractivity contribution is 0.0948. The van der Waals surface area contributed by atoms with Crippen LogP contribution in [0.5, 0.6) is 17.2 Å². The van der Waals surface area contributed by atoms with Crippen LogP contribution in [0.3, 0.4) is 0 Å². The minimum absolute atomic E-state index is 0.0519. The summed E-state index contributed by atoms with van der Waals surface area (Å²) in [5.74, 6) is 0.0538. The van der Waals surface area contributed by atoms with Crippen LogP contribution in [-0.4, -0.2) is 64.8 Å². The number of ether oxygens (including phenoxy) is 2. The summed E-state index contributed by atoms with van der Waals surface area (Å²) >= 11 is 0. The zero-order chi connectivity index (χ0) is 27.6. The van der Waals surface area contributed by atoms with E-state index < -0.39 is 17.2 Å². The molecule has 0 radical (unpaired) electrons. The van der Waals surface area contributed by atoms with Gasteiger partial charge in [-0.3, -0.25) is 9.59 Å². The summed E-state index contributed by atoms with van der Waals surface area (Å²) in [5.41, 5.74) is 0.570. The van der Waals surface area contributed by atoms with Crippen molar-refractivity contribution in [2.45, 2.75) is 25.8 Å². The molecule has 208 valence electrons. The van der Waals surface area contributed by atoms with Crippen LogP contribution >= 0.6 is 0 Å². The lowest BCUT2D eigenvalue weighted by atomic mass is 10.1. The number of carbonyl (C=O) groups is 1. The summed E-state index contributed by atoms with van der Waals surface area (Å²) in [6.07, 6.45) is 9.85. The van der Waals surface area contributed by atoms with Gasteiger partial charge in [-0.1, -0.05) is 0 Å². The van der Waals surface area contributed by atoms with Crippen molar-refractivity contribution in [1.82, 2.24) is 24.3 Å². The van der Waals surface area contributed by atoms with Crippen LogP contribution in [0.1, 0.15) is 29.6 Å². The number of aromatic nitrogens is 3. The topological polar surface area (TPSA) is 103 Å². The van der Waals surface area contributed by atoms with Crippen LogP contribution in [0, 0.1) is 5.82 Å². The van der Waals surface area contributed by atoms with Gasteiger partial charge < -0.3 is 34.1 Å². The monoisotopic (exact) mass is 546 g/mol. The third-order valence-electron chi connectivity index (χ3n) is 7.44. The first-order valence-electron chi connectivity index (χ1n) is 13.5. The number of rotatable bonds is 10. The van der Waals surface area contributed by atoms with Gasteiger partial charge in [-0.2, -0.15) is 0 Å². The first-order chi connectivity index (χ1) is 19.5. The van der Waals surface area contributed by atoms with Crippen LogP contribution in [0.25, 0.3) is 16.6 Å². The molecule has 2 aliphatic heterocycles. The van der Waals surface area contributed by atoms with Gasteiger partial charge in [-0.25, -0.2) is 9.37 Å². The summed E-state index contributed by atoms with van der Waals surface area (Å²) in [5, 5.41) is 6.10. The molecule has 0 saturated carbocycles. The number of hydrogen-bond acceptors (Lipinski definition) is 7. The largest absolute Gasteiger partial charge is 0.497 e. The fourth-order valence-corrected chi connectivity index (χ4v) is 5.38. The predicted molar refractivity (Wildman–Crippen MR) is 149 cm³/mol. The van der Waals surface area contributed by atoms with Crippen molar-refractivity contribution in [3.05, 3.63) is 70.8 Å². The van der Waals surface area contributed by atoms with Crippen LogP contribution in [0.15, 0.2) is 54.0 Å². The standard InChI is InChI=1S/C29H31FN6O4/c1-39-19-5-6-23-24(15-19)40-28-25(32-7-4-12-35-13-8-31-18-35)22(30)16-20-26(28)36(23)17-21(27(20)37)29(38)33-9-14-34-10-2-3-11-34/h5-6,8,13,15-18,32H,2-4,7,9-12,14H2,1H3,(H,33,38). The Morgan fingerprint density at radius 1 is 1.18 bits per heavy atom. The lowest BCUT2D eigenvalue weighted by Crippen LogP contribution is -2.36. The molecular formula is C29H31FN6O4. The number of nitrogens with one attached hydrogen (secondary N) is 2. The molecule has 1 amide bonds. The minimum Gasteiger partial charge on any atom is -0.497 e. The number of benzene rings is 2. The van der Waals surface area contributed by atoms with Crippen molar-refractivity contribution in [1.29, 1.82) is 0 Å². The summed E-state index contributed by atoms with van der Waals surface area (Å²) < 4.78 is 30.9. The van der Waals surface area contributed by atoms with Gasteiger partial charge >= 0.3 is 0 Å². The number of anilines is 1. The van der Waals surface area contributed by atoms with Crippen LogP contribution < -0.4 is 25.5 Å². The Morgan fingerprint density at radius 2 is 2.02 bits per heavy atom. The molecular weight excluding hydrogens is 515 g/mol. The van der Waals surface area contributed by atoms with Gasteiger partial charge in [-0.05, 0) is 50.6 Å². The van der Waals surface area contributed by atoms with Crippen molar-refractivity contribution in [2.75, 3.05) is 45.2 Å². The minimum atomic E-state index is -0.633. The second-order valence-corrected chi connectivity index (χ2v) is 10.0. The number of aryl methyl sites for hydroxylation is 1. The quantitative estimate of drug-likeness (QED) is 0.257. The molecule has 10 nitrogen and oxygen atoms in total. The van der Waals surface area contributed by atoms with E-state index in [1.54, 1.807) is 42.4 Å². The Labute approximate surface area is 230 Å². The number of likely N-dealkylation sites (tertiary alicyclic amines) is 1. The number of nitrogens with zero attached hydrogens (tertiary/aromatic N) is 4. The fraction of sp³-hybridized carbons (Fsp3) is 0.345. The molecule has 2 N–H and O–H groups in total. The van der Waals surface area contributed by atoms with Gasteiger partial charge in [0.15, 0.2) is 17.3 Å². The normalized spacial score (nSPS) is 14.2. The van der Waals surface area contributed by atoms with Crippen LogP contribution in [0.2, 0.25) is 0 Å². The van der Waals surface area contributed by atoms with Crippen molar-refractivity contribution in [3.8, 4) is 22.9 Å². The van der Waals surface area contributed by atoms with Gasteiger partial charge in [0.05, 0.1) is 24.5 Å². The SMILES string of the molecule is COc1ccc2c(c1)Oc1c(NCCCn3ccnc3)c(F)cc3c(=O)c(C(=O)NCCN4CCCC4)cn-2c13. The van der Waals surface area contributed by atoms with Crippen molar-refractivity contribution in [2.24, 2.45) is 0 Å². The molecule has 0 atom stereocenters. The molecule has 2 aromatic heterocycles. The van der Waals surface area contributed by atoms with Gasteiger partial charge in [0.1, 0.15) is 22.5 Å². The first-order valence-corrected chi connectivity index (χ1v) is 13.5. The average molecular weight is 547 g/mol. The highest BCUT2D eigenvalue weighted by atomic mass is 19.1. The van der Waals surface area contributed by atoms with Crippen LogP contribution in [-0.2, 0) is 6.54 Å². The van der Waals surface area contributed by atoms with E-state index in [1.807, 2.05) is 10.8 Å². The fourth-order valence-electron chi connectivity index (χ4n) is 5.38. The van der Waals surface area contributed by atoms with Crippen molar-refractivity contribution in [3.63, 3.8) is 0 Å². The molecule has 40 heavy (non-hydrogen) atoms. The van der Waals surface area contributed by atoms with Crippen molar-refractivity contribution < 1.29 is 18.7 Å². The Balaban J connectivity index is 1.37. The zero-order valence-electron chi connectivity index (χ0n) is 22.3. The van der Waals surface area contributed by atoms with Gasteiger partial charge in [0.2, 0.25) is 5.43 Å². The second kappa shape index (κ2) is 11.0. The first kappa shape index (κ1) is 25.9. The molecule has 2 aliphatic rings. The van der Waals surface area contributed by atoms with E-state index in [-0.39, 0.29) is 22.4 Å². The molecule has 1 fully saturated rings. The summed E-state index contributed by atoms with van der Waals surface area (Å²) in [6, 6.07) is 6.45. The van der Waals surface area contributed by atoms with E-state index >= 15 is 4.39 Å². The average Bonchev–Trinajstić information content (AvgIpc) is 3.68. The number of amides is 1. The summed E-state index contributed by atoms with van der Waals surface area (Å²) in [7, 11) is 1.55. The third kappa shape index (κ3) is 4.88. The van der Waals surface area contributed by atoms with Gasteiger partial charge in [0, 0.05) is 50.8 Å². The van der Waals surface area contributed by atoms with E-state index in [4.69, 9.17) is 9.47 Å². The molecule has 6 rings (SSSR count). The van der Waals surface area contributed by atoms with E-state index in [0.29, 0.717) is 48.8 Å². The highest BCUT2D eigenvalue weighted by molar-refractivity contribution is 6.01. The molecule has 2 aromatic carbocycles. The highest BCUT2D eigenvalue weighted by Gasteiger charge is 2.29. The van der Waals surface area contributed by atoms with E-state index in [9.17, 15) is 9.59 Å². The molecule has 0 spiro atoms. The number of pyridine rings is 1. The molecule has 1 saturated heterocycles.